The first kappa shape index (κ1) is 34.5. The number of hydrogen-bond donors (Lipinski definition) is 5. The Morgan fingerprint density at radius 1 is 0.979 bits per heavy atom. The Morgan fingerprint density at radius 3 is 2.57 bits per heavy atom. The van der Waals surface area contributed by atoms with Crippen molar-refractivity contribution in [2.24, 2.45) is 23.0 Å². The number of amides is 3. The van der Waals surface area contributed by atoms with Gasteiger partial charge in [-0.2, -0.15) is 0 Å². The van der Waals surface area contributed by atoms with Gasteiger partial charge in [0.2, 0.25) is 11.8 Å². The van der Waals surface area contributed by atoms with Crippen LogP contribution in [0.4, 0.5) is 5.69 Å². The van der Waals surface area contributed by atoms with Crippen molar-refractivity contribution in [1.29, 1.82) is 0 Å². The van der Waals surface area contributed by atoms with Crippen LogP contribution < -0.4 is 21.1 Å². The number of rotatable bonds is 15. The van der Waals surface area contributed by atoms with E-state index in [0.29, 0.717) is 43.9 Å². The van der Waals surface area contributed by atoms with Gasteiger partial charge in [-0.05, 0) is 97.1 Å². The van der Waals surface area contributed by atoms with Crippen LogP contribution in [0.5, 0.6) is 17.2 Å². The van der Waals surface area contributed by atoms with Crippen LogP contribution in [0, 0.1) is 17.3 Å². The van der Waals surface area contributed by atoms with Crippen LogP contribution in [0.1, 0.15) is 72.9 Å². The average Bonchev–Trinajstić information content (AvgIpc) is 3.39. The zero-order chi connectivity index (χ0) is 33.6. The molecule has 0 bridgehead atoms. The average molecular weight is 654 g/mol. The van der Waals surface area contributed by atoms with Crippen molar-refractivity contribution in [1.82, 2.24) is 5.32 Å². The summed E-state index contributed by atoms with van der Waals surface area (Å²) in [6.45, 7) is 3.47. The topological polar surface area (TPSA) is 179 Å². The van der Waals surface area contributed by atoms with Crippen molar-refractivity contribution >= 4 is 23.4 Å². The van der Waals surface area contributed by atoms with E-state index in [1.165, 1.54) is 36.5 Å². The van der Waals surface area contributed by atoms with E-state index >= 15 is 0 Å². The summed E-state index contributed by atoms with van der Waals surface area (Å²) in [6.07, 6.45) is 7.37. The molecule has 12 heteroatoms. The summed E-state index contributed by atoms with van der Waals surface area (Å²) in [5.41, 5.74) is 7.69. The molecule has 2 saturated carbocycles. The molecule has 0 aromatic heterocycles. The van der Waals surface area contributed by atoms with Crippen LogP contribution in [0.3, 0.4) is 0 Å². The Balaban J connectivity index is 0.930. The van der Waals surface area contributed by atoms with E-state index in [2.05, 4.69) is 35.8 Å². The lowest BCUT2D eigenvalue weighted by Gasteiger charge is -2.50. The van der Waals surface area contributed by atoms with Gasteiger partial charge in [-0.1, -0.05) is 13.0 Å². The summed E-state index contributed by atoms with van der Waals surface area (Å²) in [5.74, 6) is 0.0888. The second kappa shape index (κ2) is 15.4. The van der Waals surface area contributed by atoms with Crippen molar-refractivity contribution in [3.63, 3.8) is 0 Å². The fourth-order valence-corrected chi connectivity index (χ4v) is 8.05. The number of benzene rings is 2. The Hall–Kier alpha value is -3.87. The number of nitrogens with two attached hydrogens (primary N) is 1. The van der Waals surface area contributed by atoms with Gasteiger partial charge in [0.1, 0.15) is 23.7 Å². The second-order valence-corrected chi connectivity index (χ2v) is 13.0. The number of nitrogens with one attached hydrogen (secondary N) is 2. The van der Waals surface area contributed by atoms with Crippen LogP contribution in [-0.4, -0.2) is 80.7 Å². The van der Waals surface area contributed by atoms with E-state index in [-0.39, 0.29) is 42.9 Å². The molecule has 5 rings (SSSR count). The van der Waals surface area contributed by atoms with Crippen LogP contribution in [0.25, 0.3) is 0 Å². The predicted molar refractivity (Wildman–Crippen MR) is 174 cm³/mol. The maximum Gasteiger partial charge on any atom is 0.256 e. The number of methoxy groups -OCH3 is 1. The van der Waals surface area contributed by atoms with E-state index in [1.807, 2.05) is 0 Å². The molecule has 0 aliphatic heterocycles. The zero-order valence-corrected chi connectivity index (χ0v) is 27.2. The van der Waals surface area contributed by atoms with Gasteiger partial charge in [-0.15, -0.1) is 0 Å². The molecule has 2 aromatic rings. The quantitative estimate of drug-likeness (QED) is 0.109. The fourth-order valence-electron chi connectivity index (χ4n) is 8.05. The Labute approximate surface area is 275 Å². The first-order chi connectivity index (χ1) is 22.6. The van der Waals surface area contributed by atoms with Crippen LogP contribution in [0.2, 0.25) is 0 Å². The van der Waals surface area contributed by atoms with Crippen LogP contribution in [0.15, 0.2) is 30.3 Å². The Bertz CT molecular complexity index is 1450. The van der Waals surface area contributed by atoms with Crippen molar-refractivity contribution in [2.75, 3.05) is 52.0 Å². The zero-order valence-electron chi connectivity index (χ0n) is 27.2. The first-order valence-electron chi connectivity index (χ1n) is 16.5. The maximum atomic E-state index is 12.4. The van der Waals surface area contributed by atoms with Crippen molar-refractivity contribution < 1.29 is 43.5 Å². The molecular formula is C35H47N3O9. The van der Waals surface area contributed by atoms with E-state index in [4.69, 9.17) is 24.7 Å². The van der Waals surface area contributed by atoms with Crippen molar-refractivity contribution in [3.8, 4) is 17.2 Å². The van der Waals surface area contributed by atoms with Gasteiger partial charge in [-0.3, -0.25) is 14.4 Å². The molecule has 2 aromatic carbocycles. The molecule has 0 heterocycles. The lowest BCUT2D eigenvalue weighted by atomic mass is 9.55. The minimum Gasteiger partial charge on any atom is -0.507 e. The first-order valence-corrected chi connectivity index (χ1v) is 16.5. The number of phenols is 2. The number of aromatic hydroxyl groups is 2. The highest BCUT2D eigenvalue weighted by Crippen LogP contribution is 2.61. The van der Waals surface area contributed by atoms with Crippen molar-refractivity contribution in [2.45, 2.75) is 63.9 Å². The van der Waals surface area contributed by atoms with E-state index < -0.39 is 28.9 Å². The lowest BCUT2D eigenvalue weighted by Crippen LogP contribution is -2.45. The molecular weight excluding hydrogens is 606 g/mol. The standard InChI is InChI=1S/C35H47N3O9/c1-35-13-11-24-23-6-4-22(44-2)19-21(23)3-5-25(24)26(35)7-10-29(35)47-15-12-30(40)37-14-16-45-17-18-46-20-31(41)38-27-8-9-28(39)32(33(27)42)34(36)43/h4,6,8-9,19,24-26,29,39,42H,3,5,7,10-18,20H2,1-2H3,(H2,36,43)(H,37,40)(H,38,41)/t24?,25?,26?,29-,35?/m1/s1. The highest BCUT2D eigenvalue weighted by Gasteiger charge is 2.55. The Morgan fingerprint density at radius 2 is 1.79 bits per heavy atom. The summed E-state index contributed by atoms with van der Waals surface area (Å²) in [4.78, 5) is 35.9. The van der Waals surface area contributed by atoms with Gasteiger partial charge in [-0.25, -0.2) is 0 Å². The largest absolute Gasteiger partial charge is 0.507 e. The third-order valence-corrected chi connectivity index (χ3v) is 10.3. The number of fused-ring (bicyclic) bond motifs is 5. The van der Waals surface area contributed by atoms with Crippen LogP contribution >= 0.6 is 0 Å². The molecule has 0 spiro atoms. The van der Waals surface area contributed by atoms with Gasteiger partial charge in [0.05, 0.1) is 45.3 Å². The van der Waals surface area contributed by atoms with Crippen LogP contribution in [-0.2, 0) is 30.2 Å². The van der Waals surface area contributed by atoms with Gasteiger partial charge < -0.3 is 45.5 Å². The van der Waals surface area contributed by atoms with E-state index in [1.54, 1.807) is 7.11 Å². The second-order valence-electron chi connectivity index (χ2n) is 13.0. The summed E-state index contributed by atoms with van der Waals surface area (Å²) in [6, 6.07) is 8.99. The minimum atomic E-state index is -1.03. The van der Waals surface area contributed by atoms with E-state index in [9.17, 15) is 24.6 Å². The van der Waals surface area contributed by atoms with Gasteiger partial charge in [0.25, 0.3) is 5.91 Å². The third-order valence-electron chi connectivity index (χ3n) is 10.3. The maximum absolute atomic E-state index is 12.4. The number of ether oxygens (including phenoxy) is 4. The molecule has 5 atom stereocenters. The summed E-state index contributed by atoms with van der Waals surface area (Å²) in [7, 11) is 1.73. The number of hydrogen-bond acceptors (Lipinski definition) is 9. The predicted octanol–water partition coefficient (Wildman–Crippen LogP) is 3.62. The number of carbonyl (C=O) groups is 3. The number of anilines is 1. The molecule has 3 aliphatic rings. The highest BCUT2D eigenvalue weighted by molar-refractivity contribution is 6.02. The molecule has 6 N–H and O–H groups in total. The molecule has 4 unspecified atom stereocenters. The summed E-state index contributed by atoms with van der Waals surface area (Å²) < 4.78 is 22.6. The molecule has 0 radical (unpaired) electrons. The summed E-state index contributed by atoms with van der Waals surface area (Å²) in [5, 5.41) is 25.0. The highest BCUT2D eigenvalue weighted by atomic mass is 16.5. The number of aryl methyl sites for hydroxylation is 1. The van der Waals surface area contributed by atoms with Crippen molar-refractivity contribution in [3.05, 3.63) is 47.0 Å². The number of carbonyl (C=O) groups excluding carboxylic acids is 3. The number of primary amides is 1. The minimum absolute atomic E-state index is 0.0794. The molecule has 47 heavy (non-hydrogen) atoms. The molecule has 256 valence electrons. The summed E-state index contributed by atoms with van der Waals surface area (Å²) >= 11 is 0. The van der Waals surface area contributed by atoms with Gasteiger partial charge in [0.15, 0.2) is 5.75 Å². The Kier molecular flexibility index (Phi) is 11.3. The molecule has 3 amide bonds. The normalized spacial score (nSPS) is 24.5. The SMILES string of the molecule is COc1ccc2c(c1)CCC1C2CCC2(C)C1CC[C@H]2OCCC(=O)NCCOCCOCC(=O)Nc1ccc(O)c(C(N)=O)c1O. The molecule has 2 fully saturated rings. The third kappa shape index (κ3) is 7.82. The van der Waals surface area contributed by atoms with E-state index in [0.717, 1.165) is 31.1 Å². The van der Waals surface area contributed by atoms with Gasteiger partial charge in [0, 0.05) is 13.0 Å². The molecule has 3 aliphatic carbocycles. The fraction of sp³-hybridized carbons (Fsp3) is 0.571. The lowest BCUT2D eigenvalue weighted by molar-refractivity contribution is -0.124. The van der Waals surface area contributed by atoms with Gasteiger partial charge >= 0.3 is 0 Å². The smallest absolute Gasteiger partial charge is 0.256 e. The molecule has 12 nitrogen and oxygen atoms in total. The monoisotopic (exact) mass is 653 g/mol. The molecule has 0 saturated heterocycles.